The van der Waals surface area contributed by atoms with Crippen molar-refractivity contribution < 1.29 is 23.5 Å². The number of amides is 2. The normalized spacial score (nSPS) is 11.3. The first-order valence-corrected chi connectivity index (χ1v) is 7.96. The third-order valence-corrected chi connectivity index (χ3v) is 3.43. The van der Waals surface area contributed by atoms with Gasteiger partial charge in [0.25, 0.3) is 5.91 Å². The minimum absolute atomic E-state index is 0.0222. The molecule has 26 heavy (non-hydrogen) atoms. The van der Waals surface area contributed by atoms with Crippen molar-refractivity contribution >= 4 is 29.2 Å². The SMILES string of the molecule is CC(=O)Nc1ccc(CC(=O)O[C@@H](C)C(=O)Nc2ccccc2F)cc1. The topological polar surface area (TPSA) is 84.5 Å². The molecule has 0 unspecified atom stereocenters. The summed E-state index contributed by atoms with van der Waals surface area (Å²) in [6, 6.07) is 12.4. The molecule has 0 aliphatic rings. The van der Waals surface area contributed by atoms with Crippen LogP contribution in [0.15, 0.2) is 48.5 Å². The molecule has 2 amide bonds. The molecule has 136 valence electrons. The Labute approximate surface area is 150 Å². The van der Waals surface area contributed by atoms with E-state index in [1.807, 2.05) is 0 Å². The molecule has 0 aromatic heterocycles. The van der Waals surface area contributed by atoms with Crippen LogP contribution in [0.5, 0.6) is 0 Å². The Bertz CT molecular complexity index is 805. The Morgan fingerprint density at radius 3 is 2.31 bits per heavy atom. The molecule has 2 N–H and O–H groups in total. The number of halogens is 1. The molecule has 2 aromatic carbocycles. The molecule has 0 aliphatic carbocycles. The molecule has 0 spiro atoms. The number of para-hydroxylation sites is 1. The van der Waals surface area contributed by atoms with Crippen molar-refractivity contribution in [3.63, 3.8) is 0 Å². The van der Waals surface area contributed by atoms with E-state index in [0.717, 1.165) is 0 Å². The van der Waals surface area contributed by atoms with Crippen molar-refractivity contribution in [3.05, 3.63) is 59.9 Å². The van der Waals surface area contributed by atoms with Gasteiger partial charge < -0.3 is 15.4 Å². The quantitative estimate of drug-likeness (QED) is 0.778. The van der Waals surface area contributed by atoms with Crippen LogP contribution in [0.25, 0.3) is 0 Å². The van der Waals surface area contributed by atoms with Gasteiger partial charge in [0.05, 0.1) is 12.1 Å². The first-order valence-electron chi connectivity index (χ1n) is 7.96. The first-order chi connectivity index (χ1) is 12.3. The van der Waals surface area contributed by atoms with Gasteiger partial charge in [-0.25, -0.2) is 4.39 Å². The number of benzene rings is 2. The average molecular weight is 358 g/mol. The lowest BCUT2D eigenvalue weighted by molar-refractivity contribution is -0.152. The zero-order valence-electron chi connectivity index (χ0n) is 14.4. The highest BCUT2D eigenvalue weighted by molar-refractivity contribution is 5.95. The van der Waals surface area contributed by atoms with Crippen LogP contribution in [-0.4, -0.2) is 23.9 Å². The van der Waals surface area contributed by atoms with Gasteiger partial charge >= 0.3 is 5.97 Å². The predicted octanol–water partition coefficient (Wildman–Crippen LogP) is 2.90. The number of nitrogens with one attached hydrogen (secondary N) is 2. The van der Waals surface area contributed by atoms with Crippen LogP contribution in [-0.2, 0) is 25.5 Å². The number of rotatable bonds is 6. The summed E-state index contributed by atoms with van der Waals surface area (Å²) in [5.74, 6) is -1.97. The van der Waals surface area contributed by atoms with E-state index >= 15 is 0 Å². The van der Waals surface area contributed by atoms with Crippen LogP contribution in [0, 0.1) is 5.82 Å². The van der Waals surface area contributed by atoms with E-state index in [9.17, 15) is 18.8 Å². The zero-order chi connectivity index (χ0) is 19.1. The number of ether oxygens (including phenoxy) is 1. The lowest BCUT2D eigenvalue weighted by Gasteiger charge is -2.14. The second-order valence-corrected chi connectivity index (χ2v) is 5.66. The fourth-order valence-electron chi connectivity index (χ4n) is 2.17. The summed E-state index contributed by atoms with van der Waals surface area (Å²) < 4.78 is 18.6. The van der Waals surface area contributed by atoms with E-state index in [1.54, 1.807) is 30.3 Å². The van der Waals surface area contributed by atoms with Crippen molar-refractivity contribution in [3.8, 4) is 0 Å². The maximum absolute atomic E-state index is 13.5. The third kappa shape index (κ3) is 5.70. The van der Waals surface area contributed by atoms with E-state index in [-0.39, 0.29) is 18.0 Å². The molecule has 2 rings (SSSR count). The second kappa shape index (κ2) is 8.75. The first kappa shape index (κ1) is 19.1. The Kier molecular flexibility index (Phi) is 6.43. The Morgan fingerprint density at radius 2 is 1.69 bits per heavy atom. The largest absolute Gasteiger partial charge is 0.452 e. The van der Waals surface area contributed by atoms with Crippen molar-refractivity contribution in [1.82, 2.24) is 0 Å². The molecule has 2 aromatic rings. The number of esters is 1. The molecule has 0 radical (unpaired) electrons. The van der Waals surface area contributed by atoms with Crippen LogP contribution < -0.4 is 10.6 Å². The summed E-state index contributed by atoms with van der Waals surface area (Å²) in [7, 11) is 0. The van der Waals surface area contributed by atoms with Crippen LogP contribution >= 0.6 is 0 Å². The maximum Gasteiger partial charge on any atom is 0.311 e. The predicted molar refractivity (Wildman–Crippen MR) is 95.0 cm³/mol. The van der Waals surface area contributed by atoms with E-state index in [2.05, 4.69) is 10.6 Å². The number of carbonyl (C=O) groups is 3. The second-order valence-electron chi connectivity index (χ2n) is 5.66. The van der Waals surface area contributed by atoms with Crippen LogP contribution in [0.2, 0.25) is 0 Å². The van der Waals surface area contributed by atoms with Gasteiger partial charge in [-0.1, -0.05) is 24.3 Å². The maximum atomic E-state index is 13.5. The van der Waals surface area contributed by atoms with Crippen molar-refractivity contribution in [2.45, 2.75) is 26.4 Å². The average Bonchev–Trinajstić information content (AvgIpc) is 2.58. The van der Waals surface area contributed by atoms with Gasteiger partial charge in [-0.05, 0) is 36.8 Å². The van der Waals surface area contributed by atoms with Gasteiger partial charge in [-0.3, -0.25) is 14.4 Å². The molecular formula is C19H19FN2O4. The summed E-state index contributed by atoms with van der Waals surface area (Å²) in [6.07, 6.45) is -1.10. The summed E-state index contributed by atoms with van der Waals surface area (Å²) in [4.78, 5) is 34.9. The summed E-state index contributed by atoms with van der Waals surface area (Å²) in [5, 5.41) is 4.99. The molecule has 0 bridgehead atoms. The molecule has 1 atom stereocenters. The highest BCUT2D eigenvalue weighted by Gasteiger charge is 2.19. The molecule has 6 nitrogen and oxygen atoms in total. The lowest BCUT2D eigenvalue weighted by Crippen LogP contribution is -2.30. The van der Waals surface area contributed by atoms with Crippen molar-refractivity contribution in [1.29, 1.82) is 0 Å². The highest BCUT2D eigenvalue weighted by atomic mass is 19.1. The minimum atomic E-state index is -1.07. The fraction of sp³-hybridized carbons (Fsp3) is 0.211. The fourth-order valence-corrected chi connectivity index (χ4v) is 2.17. The molecule has 0 aliphatic heterocycles. The molecule has 0 heterocycles. The summed E-state index contributed by atoms with van der Waals surface area (Å²) in [6.45, 7) is 2.81. The number of anilines is 2. The van der Waals surface area contributed by atoms with Crippen molar-refractivity contribution in [2.24, 2.45) is 0 Å². The van der Waals surface area contributed by atoms with Crippen LogP contribution in [0.3, 0.4) is 0 Å². The number of hydrogen-bond acceptors (Lipinski definition) is 4. The Morgan fingerprint density at radius 1 is 1.04 bits per heavy atom. The number of hydrogen-bond donors (Lipinski definition) is 2. The van der Waals surface area contributed by atoms with Gasteiger partial charge in [0.1, 0.15) is 5.82 Å². The lowest BCUT2D eigenvalue weighted by atomic mass is 10.1. The minimum Gasteiger partial charge on any atom is -0.452 e. The summed E-state index contributed by atoms with van der Waals surface area (Å²) >= 11 is 0. The number of carbonyl (C=O) groups excluding carboxylic acids is 3. The Hall–Kier alpha value is -3.22. The van der Waals surface area contributed by atoms with E-state index < -0.39 is 23.8 Å². The van der Waals surface area contributed by atoms with Gasteiger partial charge in [0.2, 0.25) is 5.91 Å². The Balaban J connectivity index is 1.87. The van der Waals surface area contributed by atoms with Gasteiger partial charge in [-0.2, -0.15) is 0 Å². The molecular weight excluding hydrogens is 339 g/mol. The van der Waals surface area contributed by atoms with E-state index in [4.69, 9.17) is 4.74 Å². The summed E-state index contributed by atoms with van der Waals surface area (Å²) in [5.41, 5.74) is 1.31. The standard InChI is InChI=1S/C19H19FN2O4/c1-12(19(25)22-17-6-4-3-5-16(17)20)26-18(24)11-14-7-9-15(10-8-14)21-13(2)23/h3-10,12H,11H2,1-2H3,(H,21,23)(H,22,25)/t12-/m0/s1. The molecule has 7 heteroatoms. The molecule has 0 saturated carbocycles. The van der Waals surface area contributed by atoms with E-state index in [0.29, 0.717) is 11.3 Å². The molecule has 0 fully saturated rings. The molecule has 0 saturated heterocycles. The zero-order valence-corrected chi connectivity index (χ0v) is 14.4. The van der Waals surface area contributed by atoms with Crippen LogP contribution in [0.1, 0.15) is 19.4 Å². The van der Waals surface area contributed by atoms with Gasteiger partial charge in [0, 0.05) is 12.6 Å². The smallest absolute Gasteiger partial charge is 0.311 e. The van der Waals surface area contributed by atoms with Crippen LogP contribution in [0.4, 0.5) is 15.8 Å². The monoisotopic (exact) mass is 358 g/mol. The van der Waals surface area contributed by atoms with Crippen molar-refractivity contribution in [2.75, 3.05) is 10.6 Å². The third-order valence-electron chi connectivity index (χ3n) is 3.43. The van der Waals surface area contributed by atoms with Gasteiger partial charge in [-0.15, -0.1) is 0 Å². The highest BCUT2D eigenvalue weighted by Crippen LogP contribution is 2.14. The van der Waals surface area contributed by atoms with E-state index in [1.165, 1.54) is 32.0 Å². The van der Waals surface area contributed by atoms with Gasteiger partial charge in [0.15, 0.2) is 6.10 Å².